The first-order valence-corrected chi connectivity index (χ1v) is 6.75. The lowest BCUT2D eigenvalue weighted by atomic mass is 10.1. The van der Waals surface area contributed by atoms with Gasteiger partial charge in [0, 0.05) is 18.0 Å². The number of nitrogens with zero attached hydrogens (tertiary/aromatic N) is 1. The quantitative estimate of drug-likeness (QED) is 0.502. The maximum absolute atomic E-state index is 13.4. The Balaban J connectivity index is 2.21. The molecule has 1 aromatic carbocycles. The predicted octanol–water partition coefficient (Wildman–Crippen LogP) is 4.06. The second kappa shape index (κ2) is 8.48. The van der Waals surface area contributed by atoms with E-state index in [2.05, 4.69) is 4.90 Å². The summed E-state index contributed by atoms with van der Waals surface area (Å²) >= 11 is 5.62. The Bertz CT molecular complexity index is 317. The van der Waals surface area contributed by atoms with Crippen LogP contribution in [-0.4, -0.2) is 24.4 Å². The molecule has 0 bridgehead atoms. The monoisotopic (exact) mass is 257 g/mol. The lowest BCUT2D eigenvalue weighted by molar-refractivity contribution is 0.312. The molecule has 0 aromatic heterocycles. The molecule has 0 aliphatic rings. The molecule has 3 heteroatoms. The van der Waals surface area contributed by atoms with E-state index in [0.717, 1.165) is 30.8 Å². The maximum Gasteiger partial charge on any atom is 0.127 e. The van der Waals surface area contributed by atoms with E-state index < -0.39 is 0 Å². The summed E-state index contributed by atoms with van der Waals surface area (Å²) in [5, 5.41) is 0. The van der Waals surface area contributed by atoms with Crippen molar-refractivity contribution in [3.05, 3.63) is 35.6 Å². The summed E-state index contributed by atoms with van der Waals surface area (Å²) in [5.74, 6) is 0.645. The first-order chi connectivity index (χ1) is 8.24. The highest BCUT2D eigenvalue weighted by Gasteiger charge is 2.04. The van der Waals surface area contributed by atoms with Crippen molar-refractivity contribution < 1.29 is 4.39 Å². The minimum atomic E-state index is -0.110. The topological polar surface area (TPSA) is 3.24 Å². The number of halogens is 2. The Morgan fingerprint density at radius 3 is 2.53 bits per heavy atom. The summed E-state index contributed by atoms with van der Waals surface area (Å²) in [4.78, 5) is 2.17. The van der Waals surface area contributed by atoms with Crippen LogP contribution in [0.4, 0.5) is 4.39 Å². The van der Waals surface area contributed by atoms with Crippen LogP contribution in [-0.2, 0) is 6.54 Å². The Morgan fingerprint density at radius 2 is 1.82 bits per heavy atom. The van der Waals surface area contributed by atoms with Crippen molar-refractivity contribution in [2.24, 2.45) is 0 Å². The first kappa shape index (κ1) is 14.5. The summed E-state index contributed by atoms with van der Waals surface area (Å²) in [5.41, 5.74) is 0.774. The Morgan fingerprint density at radius 1 is 1.12 bits per heavy atom. The van der Waals surface area contributed by atoms with Crippen LogP contribution in [0.15, 0.2) is 24.3 Å². The molecule has 0 radical (unpaired) electrons. The normalized spacial score (nSPS) is 11.1. The highest BCUT2D eigenvalue weighted by atomic mass is 35.5. The van der Waals surface area contributed by atoms with Crippen molar-refractivity contribution in [1.82, 2.24) is 4.90 Å². The summed E-state index contributed by atoms with van der Waals surface area (Å²) < 4.78 is 13.4. The zero-order chi connectivity index (χ0) is 12.5. The molecule has 0 fully saturated rings. The molecule has 1 aromatic rings. The number of hydrogen-bond donors (Lipinski definition) is 0. The van der Waals surface area contributed by atoms with E-state index in [1.54, 1.807) is 6.07 Å². The Kier molecular flexibility index (Phi) is 7.22. The van der Waals surface area contributed by atoms with Crippen LogP contribution in [0.5, 0.6) is 0 Å². The van der Waals surface area contributed by atoms with Gasteiger partial charge in [-0.15, -0.1) is 11.6 Å². The summed E-state index contributed by atoms with van der Waals surface area (Å²) in [6.45, 7) is 1.69. The van der Waals surface area contributed by atoms with Gasteiger partial charge in [0.25, 0.3) is 0 Å². The van der Waals surface area contributed by atoms with Gasteiger partial charge in [-0.05, 0) is 32.5 Å². The Hall–Kier alpha value is -0.600. The van der Waals surface area contributed by atoms with Crippen LogP contribution >= 0.6 is 11.6 Å². The van der Waals surface area contributed by atoms with E-state index >= 15 is 0 Å². The van der Waals surface area contributed by atoms with E-state index in [0.29, 0.717) is 6.54 Å². The number of benzene rings is 1. The molecular weight excluding hydrogens is 237 g/mol. The molecule has 0 amide bonds. The van der Waals surface area contributed by atoms with Gasteiger partial charge in [0.15, 0.2) is 0 Å². The van der Waals surface area contributed by atoms with Crippen LogP contribution < -0.4 is 0 Å². The van der Waals surface area contributed by atoms with Crippen molar-refractivity contribution in [3.63, 3.8) is 0 Å². The molecule has 0 heterocycles. The third-order valence-electron chi connectivity index (χ3n) is 2.82. The average Bonchev–Trinajstić information content (AvgIpc) is 2.32. The van der Waals surface area contributed by atoms with Gasteiger partial charge in [0.05, 0.1) is 0 Å². The third kappa shape index (κ3) is 6.04. The number of hydrogen-bond acceptors (Lipinski definition) is 1. The van der Waals surface area contributed by atoms with E-state index in [9.17, 15) is 4.39 Å². The predicted molar refractivity (Wildman–Crippen MR) is 71.9 cm³/mol. The number of unbranched alkanes of at least 4 members (excludes halogenated alkanes) is 3. The molecule has 0 N–H and O–H groups in total. The van der Waals surface area contributed by atoms with Gasteiger partial charge in [0.1, 0.15) is 5.82 Å². The molecule has 0 aliphatic carbocycles. The number of alkyl halides is 1. The minimum Gasteiger partial charge on any atom is -0.302 e. The molecule has 96 valence electrons. The molecule has 0 atom stereocenters. The van der Waals surface area contributed by atoms with Crippen LogP contribution in [0.25, 0.3) is 0 Å². The van der Waals surface area contributed by atoms with Gasteiger partial charge in [-0.25, -0.2) is 4.39 Å². The second-order valence-electron chi connectivity index (χ2n) is 4.43. The number of rotatable bonds is 8. The van der Waals surface area contributed by atoms with Gasteiger partial charge in [-0.2, -0.15) is 0 Å². The molecule has 0 unspecified atom stereocenters. The maximum atomic E-state index is 13.4. The molecule has 17 heavy (non-hydrogen) atoms. The highest BCUT2D eigenvalue weighted by Crippen LogP contribution is 2.10. The lowest BCUT2D eigenvalue weighted by Crippen LogP contribution is -2.19. The largest absolute Gasteiger partial charge is 0.302 e. The smallest absolute Gasteiger partial charge is 0.127 e. The molecule has 0 saturated heterocycles. The zero-order valence-corrected chi connectivity index (χ0v) is 11.2. The van der Waals surface area contributed by atoms with Crippen LogP contribution in [0.3, 0.4) is 0 Å². The van der Waals surface area contributed by atoms with Crippen molar-refractivity contribution in [2.45, 2.75) is 32.2 Å². The summed E-state index contributed by atoms with van der Waals surface area (Å²) in [7, 11) is 2.04. The fourth-order valence-corrected chi connectivity index (χ4v) is 2.02. The highest BCUT2D eigenvalue weighted by molar-refractivity contribution is 6.17. The zero-order valence-electron chi connectivity index (χ0n) is 10.5. The van der Waals surface area contributed by atoms with Gasteiger partial charge < -0.3 is 4.90 Å². The molecular formula is C14H21ClFN. The van der Waals surface area contributed by atoms with Crippen molar-refractivity contribution in [1.29, 1.82) is 0 Å². The second-order valence-corrected chi connectivity index (χ2v) is 4.81. The summed E-state index contributed by atoms with van der Waals surface area (Å²) in [6, 6.07) is 6.97. The third-order valence-corrected chi connectivity index (χ3v) is 3.09. The van der Waals surface area contributed by atoms with E-state index in [-0.39, 0.29) is 5.82 Å². The first-order valence-electron chi connectivity index (χ1n) is 6.22. The van der Waals surface area contributed by atoms with Crippen LogP contribution in [0, 0.1) is 5.82 Å². The SMILES string of the molecule is CN(CCCCCCCl)Cc1ccccc1F. The summed E-state index contributed by atoms with van der Waals surface area (Å²) in [6.07, 6.45) is 4.64. The van der Waals surface area contributed by atoms with Crippen LogP contribution in [0.1, 0.15) is 31.2 Å². The lowest BCUT2D eigenvalue weighted by Gasteiger charge is -2.16. The van der Waals surface area contributed by atoms with Crippen molar-refractivity contribution in [2.75, 3.05) is 19.5 Å². The molecule has 0 spiro atoms. The van der Waals surface area contributed by atoms with Crippen molar-refractivity contribution >= 4 is 11.6 Å². The standard InChI is InChI=1S/C14H21ClFN/c1-17(11-7-3-2-6-10-15)12-13-8-4-5-9-14(13)16/h4-5,8-9H,2-3,6-7,10-12H2,1H3. The fourth-order valence-electron chi connectivity index (χ4n) is 1.83. The Labute approximate surface area is 109 Å². The van der Waals surface area contributed by atoms with Gasteiger partial charge in [0.2, 0.25) is 0 Å². The van der Waals surface area contributed by atoms with Crippen LogP contribution in [0.2, 0.25) is 0 Å². The van der Waals surface area contributed by atoms with Gasteiger partial charge in [-0.1, -0.05) is 31.0 Å². The van der Waals surface area contributed by atoms with Gasteiger partial charge >= 0.3 is 0 Å². The van der Waals surface area contributed by atoms with Crippen molar-refractivity contribution in [3.8, 4) is 0 Å². The molecule has 1 rings (SSSR count). The fraction of sp³-hybridized carbons (Fsp3) is 0.571. The van der Waals surface area contributed by atoms with Gasteiger partial charge in [-0.3, -0.25) is 0 Å². The van der Waals surface area contributed by atoms with E-state index in [4.69, 9.17) is 11.6 Å². The molecule has 0 saturated carbocycles. The van der Waals surface area contributed by atoms with E-state index in [1.807, 2.05) is 19.2 Å². The van der Waals surface area contributed by atoms with E-state index in [1.165, 1.54) is 18.9 Å². The minimum absolute atomic E-state index is 0.110. The molecule has 1 nitrogen and oxygen atoms in total. The average molecular weight is 258 g/mol. The molecule has 0 aliphatic heterocycles.